The number of carbonyl (C=O) groups excluding carboxylic acids is 1. The molecule has 3 aromatic rings. The molecule has 0 saturated carbocycles. The molecule has 0 fully saturated rings. The summed E-state index contributed by atoms with van der Waals surface area (Å²) in [7, 11) is 0. The summed E-state index contributed by atoms with van der Waals surface area (Å²) in [6.45, 7) is 1.71. The lowest BCUT2D eigenvalue weighted by molar-refractivity contribution is -0.122. The Morgan fingerprint density at radius 1 is 1.21 bits per heavy atom. The molecule has 0 unspecified atom stereocenters. The molecule has 0 radical (unpaired) electrons. The molecule has 0 spiro atoms. The van der Waals surface area contributed by atoms with Crippen molar-refractivity contribution in [3.05, 3.63) is 47.7 Å². The second-order valence-corrected chi connectivity index (χ2v) is 5.91. The molecule has 120 valence electrons. The number of amides is 1. The molecule has 24 heavy (non-hydrogen) atoms. The normalized spacial score (nSPS) is 16.2. The molecule has 6 nitrogen and oxygen atoms in total. The molecule has 2 heterocycles. The molecule has 4 rings (SSSR count). The van der Waals surface area contributed by atoms with Crippen LogP contribution in [0.3, 0.4) is 0 Å². The first-order valence-corrected chi connectivity index (χ1v) is 7.77. The monoisotopic (exact) mass is 340 g/mol. The number of hydrogen-bond acceptors (Lipinski definition) is 5. The van der Waals surface area contributed by atoms with Gasteiger partial charge < -0.3 is 15.4 Å². The van der Waals surface area contributed by atoms with Crippen LogP contribution in [0.5, 0.6) is 5.75 Å². The standard InChI is InChI=1S/C17H13ClN4O2/c1-9-17(23)22-14-7-11(3-5-15(14)24-9)21-16-12-4-2-10(18)6-13(12)19-8-20-16/h2-9H,1H3,(H,22,23)(H,19,20,21)/t9-/m0/s1. The van der Waals surface area contributed by atoms with Crippen LogP contribution in [0, 0.1) is 0 Å². The highest BCUT2D eigenvalue weighted by atomic mass is 35.5. The zero-order chi connectivity index (χ0) is 16.7. The maximum absolute atomic E-state index is 11.7. The molecule has 1 aromatic heterocycles. The van der Waals surface area contributed by atoms with Crippen molar-refractivity contribution in [3.8, 4) is 5.75 Å². The number of anilines is 3. The lowest BCUT2D eigenvalue weighted by atomic mass is 10.2. The van der Waals surface area contributed by atoms with E-state index in [2.05, 4.69) is 20.6 Å². The highest BCUT2D eigenvalue weighted by Gasteiger charge is 2.23. The molecule has 1 atom stereocenters. The van der Waals surface area contributed by atoms with Crippen molar-refractivity contribution in [3.63, 3.8) is 0 Å². The number of rotatable bonds is 2. The average molecular weight is 341 g/mol. The van der Waals surface area contributed by atoms with Gasteiger partial charge in [-0.15, -0.1) is 0 Å². The predicted molar refractivity (Wildman–Crippen MR) is 93.0 cm³/mol. The van der Waals surface area contributed by atoms with Gasteiger partial charge in [-0.05, 0) is 43.3 Å². The number of halogens is 1. The Kier molecular flexibility index (Phi) is 3.46. The van der Waals surface area contributed by atoms with Gasteiger partial charge in [-0.3, -0.25) is 4.79 Å². The third-order valence-corrected chi connectivity index (χ3v) is 4.01. The molecule has 0 bridgehead atoms. The van der Waals surface area contributed by atoms with E-state index >= 15 is 0 Å². The zero-order valence-electron chi connectivity index (χ0n) is 12.7. The van der Waals surface area contributed by atoms with Crippen molar-refractivity contribution in [2.45, 2.75) is 13.0 Å². The predicted octanol–water partition coefficient (Wildman–Crippen LogP) is 3.75. The van der Waals surface area contributed by atoms with Crippen molar-refractivity contribution < 1.29 is 9.53 Å². The molecule has 1 aliphatic heterocycles. The lowest BCUT2D eigenvalue weighted by Crippen LogP contribution is -2.34. The molecule has 2 aromatic carbocycles. The summed E-state index contributed by atoms with van der Waals surface area (Å²) in [5.41, 5.74) is 2.16. The Morgan fingerprint density at radius 2 is 2.08 bits per heavy atom. The second-order valence-electron chi connectivity index (χ2n) is 5.47. The van der Waals surface area contributed by atoms with Gasteiger partial charge in [0.25, 0.3) is 5.91 Å². The molecule has 1 aliphatic rings. The van der Waals surface area contributed by atoms with Crippen molar-refractivity contribution >= 4 is 45.6 Å². The van der Waals surface area contributed by atoms with E-state index < -0.39 is 6.10 Å². The average Bonchev–Trinajstić information content (AvgIpc) is 2.56. The number of ether oxygens (including phenoxy) is 1. The number of hydrogen-bond donors (Lipinski definition) is 2. The van der Waals surface area contributed by atoms with E-state index in [9.17, 15) is 4.79 Å². The Morgan fingerprint density at radius 3 is 2.96 bits per heavy atom. The topological polar surface area (TPSA) is 76.1 Å². The van der Waals surface area contributed by atoms with Gasteiger partial charge >= 0.3 is 0 Å². The van der Waals surface area contributed by atoms with Gasteiger partial charge in [-0.1, -0.05) is 11.6 Å². The van der Waals surface area contributed by atoms with E-state index in [4.69, 9.17) is 16.3 Å². The zero-order valence-corrected chi connectivity index (χ0v) is 13.5. The van der Waals surface area contributed by atoms with Gasteiger partial charge in [-0.25, -0.2) is 9.97 Å². The fourth-order valence-corrected chi connectivity index (χ4v) is 2.72. The Hall–Kier alpha value is -2.86. The van der Waals surface area contributed by atoms with Crippen molar-refractivity contribution in [1.82, 2.24) is 9.97 Å². The summed E-state index contributed by atoms with van der Waals surface area (Å²) >= 11 is 6.00. The molecule has 2 N–H and O–H groups in total. The summed E-state index contributed by atoms with van der Waals surface area (Å²) in [5, 5.41) is 7.54. The summed E-state index contributed by atoms with van der Waals surface area (Å²) in [4.78, 5) is 20.3. The van der Waals surface area contributed by atoms with Gasteiger partial charge in [0.2, 0.25) is 0 Å². The number of fused-ring (bicyclic) bond motifs is 2. The maximum Gasteiger partial charge on any atom is 0.265 e. The van der Waals surface area contributed by atoms with Gasteiger partial charge in [-0.2, -0.15) is 0 Å². The van der Waals surface area contributed by atoms with Crippen molar-refractivity contribution in [1.29, 1.82) is 0 Å². The molecular weight excluding hydrogens is 328 g/mol. The van der Waals surface area contributed by atoms with E-state index in [0.717, 1.165) is 16.6 Å². The summed E-state index contributed by atoms with van der Waals surface area (Å²) in [6.07, 6.45) is 0.985. The number of benzene rings is 2. The van der Waals surface area contributed by atoms with Gasteiger partial charge in [0, 0.05) is 16.1 Å². The summed E-state index contributed by atoms with van der Waals surface area (Å²) < 4.78 is 5.55. The highest BCUT2D eigenvalue weighted by Crippen LogP contribution is 2.33. The van der Waals surface area contributed by atoms with E-state index in [0.29, 0.717) is 22.3 Å². The number of nitrogens with zero attached hydrogens (tertiary/aromatic N) is 2. The van der Waals surface area contributed by atoms with Crippen molar-refractivity contribution in [2.24, 2.45) is 0 Å². The van der Waals surface area contributed by atoms with Crippen LogP contribution < -0.4 is 15.4 Å². The first-order chi connectivity index (χ1) is 11.6. The fraction of sp³-hybridized carbons (Fsp3) is 0.118. The molecular formula is C17H13ClN4O2. The number of carbonyl (C=O) groups is 1. The van der Waals surface area contributed by atoms with Crippen LogP contribution in [0.4, 0.5) is 17.2 Å². The van der Waals surface area contributed by atoms with Crippen LogP contribution in [0.1, 0.15) is 6.92 Å². The summed E-state index contributed by atoms with van der Waals surface area (Å²) in [6, 6.07) is 10.9. The van der Waals surface area contributed by atoms with Crippen LogP contribution in [0.15, 0.2) is 42.7 Å². The smallest absolute Gasteiger partial charge is 0.265 e. The van der Waals surface area contributed by atoms with Crippen LogP contribution in [0.2, 0.25) is 5.02 Å². The Balaban J connectivity index is 1.69. The lowest BCUT2D eigenvalue weighted by Gasteiger charge is -2.23. The number of nitrogens with one attached hydrogen (secondary N) is 2. The van der Waals surface area contributed by atoms with Crippen molar-refractivity contribution in [2.75, 3.05) is 10.6 Å². The van der Waals surface area contributed by atoms with Crippen LogP contribution in [-0.4, -0.2) is 22.0 Å². The van der Waals surface area contributed by atoms with Gasteiger partial charge in [0.1, 0.15) is 17.9 Å². The quantitative estimate of drug-likeness (QED) is 0.743. The molecule has 0 saturated heterocycles. The molecule has 7 heteroatoms. The van der Waals surface area contributed by atoms with Crippen LogP contribution in [0.25, 0.3) is 10.9 Å². The minimum absolute atomic E-state index is 0.165. The Labute approximate surface area is 142 Å². The first kappa shape index (κ1) is 14.7. The third kappa shape index (κ3) is 2.61. The third-order valence-electron chi connectivity index (χ3n) is 3.77. The van der Waals surface area contributed by atoms with Gasteiger partial charge in [0.05, 0.1) is 11.2 Å². The second kappa shape index (κ2) is 5.65. The molecule has 0 aliphatic carbocycles. The highest BCUT2D eigenvalue weighted by molar-refractivity contribution is 6.31. The molecule has 1 amide bonds. The minimum Gasteiger partial charge on any atom is -0.479 e. The van der Waals surface area contributed by atoms with E-state index in [1.54, 1.807) is 19.1 Å². The van der Waals surface area contributed by atoms with E-state index in [-0.39, 0.29) is 5.91 Å². The summed E-state index contributed by atoms with van der Waals surface area (Å²) in [5.74, 6) is 1.14. The fourth-order valence-electron chi connectivity index (χ4n) is 2.55. The largest absolute Gasteiger partial charge is 0.479 e. The van der Waals surface area contributed by atoms with Crippen LogP contribution >= 0.6 is 11.6 Å². The van der Waals surface area contributed by atoms with E-state index in [1.165, 1.54) is 6.33 Å². The van der Waals surface area contributed by atoms with Crippen LogP contribution in [-0.2, 0) is 4.79 Å². The van der Waals surface area contributed by atoms with Gasteiger partial charge in [0.15, 0.2) is 6.10 Å². The maximum atomic E-state index is 11.7. The number of aromatic nitrogens is 2. The SMILES string of the molecule is C[C@@H]1Oc2ccc(Nc3ncnc4cc(Cl)ccc34)cc2NC1=O. The minimum atomic E-state index is -0.494. The first-order valence-electron chi connectivity index (χ1n) is 7.39. The van der Waals surface area contributed by atoms with E-state index in [1.807, 2.05) is 24.3 Å². The Bertz CT molecular complexity index is 960.